The Morgan fingerprint density at radius 2 is 1.43 bits per heavy atom. The summed E-state index contributed by atoms with van der Waals surface area (Å²) in [5.74, 6) is 0.175. The maximum absolute atomic E-state index is 13.1. The monoisotopic (exact) mass is 470 g/mol. The number of carbonyl (C=O) groups is 2. The van der Waals surface area contributed by atoms with Gasteiger partial charge in [-0.25, -0.2) is 4.68 Å². The van der Waals surface area contributed by atoms with Crippen LogP contribution in [0.2, 0.25) is 0 Å². The summed E-state index contributed by atoms with van der Waals surface area (Å²) in [4.78, 5) is 38.5. The first-order valence-corrected chi connectivity index (χ1v) is 11.2. The summed E-state index contributed by atoms with van der Waals surface area (Å²) >= 11 is 0. The summed E-state index contributed by atoms with van der Waals surface area (Å²) < 4.78 is 6.46. The third-order valence-corrected chi connectivity index (χ3v) is 5.37. The van der Waals surface area contributed by atoms with Gasteiger partial charge in [-0.2, -0.15) is 5.10 Å². The molecule has 0 saturated carbocycles. The molecule has 1 aromatic heterocycles. The van der Waals surface area contributed by atoms with E-state index in [1.54, 1.807) is 79.9 Å². The molecular formula is C27H26N4O4. The van der Waals surface area contributed by atoms with Gasteiger partial charge in [0, 0.05) is 28.9 Å². The van der Waals surface area contributed by atoms with E-state index in [0.717, 1.165) is 0 Å². The molecule has 0 aliphatic carbocycles. The van der Waals surface area contributed by atoms with Gasteiger partial charge >= 0.3 is 0 Å². The molecule has 3 aromatic carbocycles. The van der Waals surface area contributed by atoms with E-state index >= 15 is 0 Å². The average Bonchev–Trinajstić information content (AvgIpc) is 2.86. The van der Waals surface area contributed by atoms with Gasteiger partial charge in [-0.15, -0.1) is 0 Å². The van der Waals surface area contributed by atoms with Crippen molar-refractivity contribution in [1.29, 1.82) is 0 Å². The molecule has 4 aromatic rings. The number of nitrogens with one attached hydrogen (secondary N) is 2. The molecule has 8 heteroatoms. The summed E-state index contributed by atoms with van der Waals surface area (Å²) in [5.41, 5.74) is 1.53. The van der Waals surface area contributed by atoms with Crippen LogP contribution < -0.4 is 20.9 Å². The molecule has 0 atom stereocenters. The van der Waals surface area contributed by atoms with E-state index in [1.165, 1.54) is 4.68 Å². The van der Waals surface area contributed by atoms with Gasteiger partial charge < -0.3 is 15.4 Å². The molecule has 0 bridgehead atoms. The fourth-order valence-electron chi connectivity index (χ4n) is 3.65. The molecule has 178 valence electrons. The van der Waals surface area contributed by atoms with E-state index in [2.05, 4.69) is 15.7 Å². The van der Waals surface area contributed by atoms with Crippen molar-refractivity contribution in [3.05, 3.63) is 94.4 Å². The maximum Gasteiger partial charge on any atom is 0.276 e. The second-order valence-electron chi connectivity index (χ2n) is 8.49. The molecule has 0 saturated heterocycles. The third kappa shape index (κ3) is 5.38. The van der Waals surface area contributed by atoms with E-state index in [-0.39, 0.29) is 23.1 Å². The highest BCUT2D eigenvalue weighted by atomic mass is 16.5. The van der Waals surface area contributed by atoms with Crippen LogP contribution in [-0.4, -0.2) is 28.7 Å². The average molecular weight is 471 g/mol. The first-order valence-electron chi connectivity index (χ1n) is 11.2. The Labute approximate surface area is 202 Å². The number of carbonyl (C=O) groups excluding carboxylic acids is 2. The number of anilines is 2. The van der Waals surface area contributed by atoms with Gasteiger partial charge in [0.2, 0.25) is 0 Å². The van der Waals surface area contributed by atoms with Crippen molar-refractivity contribution in [3.8, 4) is 5.75 Å². The fourth-order valence-corrected chi connectivity index (χ4v) is 3.65. The molecule has 2 amide bonds. The van der Waals surface area contributed by atoms with Crippen LogP contribution in [0.15, 0.2) is 77.6 Å². The van der Waals surface area contributed by atoms with E-state index in [4.69, 9.17) is 4.74 Å². The Balaban J connectivity index is 1.53. The minimum Gasteiger partial charge on any atom is -0.497 e. The van der Waals surface area contributed by atoms with Crippen molar-refractivity contribution in [2.24, 2.45) is 5.92 Å². The number of hydrogen-bond acceptors (Lipinski definition) is 5. The molecule has 0 spiro atoms. The van der Waals surface area contributed by atoms with Crippen molar-refractivity contribution < 1.29 is 14.3 Å². The number of fused-ring (bicyclic) bond motifs is 1. The molecule has 0 unspecified atom stereocenters. The van der Waals surface area contributed by atoms with Crippen molar-refractivity contribution in [2.45, 2.75) is 20.4 Å². The lowest BCUT2D eigenvalue weighted by atomic mass is 10.1. The Kier molecular flexibility index (Phi) is 6.91. The summed E-state index contributed by atoms with van der Waals surface area (Å²) in [6.07, 6.45) is 0. The first-order chi connectivity index (χ1) is 16.9. The maximum atomic E-state index is 13.1. The van der Waals surface area contributed by atoms with Crippen LogP contribution in [-0.2, 0) is 6.54 Å². The predicted octanol–water partition coefficient (Wildman–Crippen LogP) is 4.57. The number of ether oxygens (including phenoxy) is 1. The summed E-state index contributed by atoms with van der Waals surface area (Å²) in [5, 5.41) is 10.9. The van der Waals surface area contributed by atoms with Crippen molar-refractivity contribution in [1.82, 2.24) is 9.78 Å². The second-order valence-corrected chi connectivity index (χ2v) is 8.49. The van der Waals surface area contributed by atoms with Crippen molar-refractivity contribution in [2.75, 3.05) is 17.7 Å². The molecular weight excluding hydrogens is 444 g/mol. The zero-order valence-electron chi connectivity index (χ0n) is 19.7. The van der Waals surface area contributed by atoms with Crippen LogP contribution in [0, 0.1) is 5.92 Å². The number of rotatable bonds is 7. The smallest absolute Gasteiger partial charge is 0.276 e. The van der Waals surface area contributed by atoms with Gasteiger partial charge in [0.1, 0.15) is 5.75 Å². The third-order valence-electron chi connectivity index (χ3n) is 5.37. The standard InChI is InChI=1S/C27H26N4O4/c1-17(2)16-31-27(34)23-7-5-4-6-22(23)24(30-31)26(33)29-19-10-8-18(9-11-19)25(32)28-20-12-14-21(35-3)15-13-20/h4-15,17H,16H2,1-3H3,(H,28,32)(H,29,33). The molecule has 4 rings (SSSR count). The SMILES string of the molecule is COc1ccc(NC(=O)c2ccc(NC(=O)c3nn(CC(C)C)c(=O)c4ccccc34)cc2)cc1. The molecule has 0 radical (unpaired) electrons. The topological polar surface area (TPSA) is 102 Å². The van der Waals surface area contributed by atoms with E-state index in [9.17, 15) is 14.4 Å². The van der Waals surface area contributed by atoms with Gasteiger partial charge in [-0.3, -0.25) is 14.4 Å². The van der Waals surface area contributed by atoms with Crippen LogP contribution in [0.1, 0.15) is 34.7 Å². The molecule has 0 fully saturated rings. The van der Waals surface area contributed by atoms with Gasteiger partial charge in [-0.05, 0) is 60.5 Å². The number of methoxy groups -OCH3 is 1. The Bertz CT molecular complexity index is 1420. The van der Waals surface area contributed by atoms with Crippen LogP contribution in [0.3, 0.4) is 0 Å². The summed E-state index contributed by atoms with van der Waals surface area (Å²) in [6, 6.07) is 20.5. The highest BCUT2D eigenvalue weighted by molar-refractivity contribution is 6.11. The Hall–Kier alpha value is -4.46. The Morgan fingerprint density at radius 3 is 2.03 bits per heavy atom. The lowest BCUT2D eigenvalue weighted by Crippen LogP contribution is -2.29. The van der Waals surface area contributed by atoms with Crippen LogP contribution in [0.4, 0.5) is 11.4 Å². The van der Waals surface area contributed by atoms with E-state index in [1.807, 2.05) is 13.8 Å². The summed E-state index contributed by atoms with van der Waals surface area (Å²) in [7, 11) is 1.58. The molecule has 1 heterocycles. The fraction of sp³-hybridized carbons (Fsp3) is 0.185. The van der Waals surface area contributed by atoms with E-state index in [0.29, 0.717) is 40.0 Å². The van der Waals surface area contributed by atoms with Crippen LogP contribution in [0.25, 0.3) is 10.8 Å². The predicted molar refractivity (Wildman–Crippen MR) is 136 cm³/mol. The number of hydrogen-bond donors (Lipinski definition) is 2. The second kappa shape index (κ2) is 10.2. The highest BCUT2D eigenvalue weighted by Gasteiger charge is 2.17. The Morgan fingerprint density at radius 1 is 0.857 bits per heavy atom. The number of nitrogens with zero attached hydrogens (tertiary/aromatic N) is 2. The minimum atomic E-state index is -0.436. The van der Waals surface area contributed by atoms with Gasteiger partial charge in [0.15, 0.2) is 5.69 Å². The lowest BCUT2D eigenvalue weighted by Gasteiger charge is -2.13. The highest BCUT2D eigenvalue weighted by Crippen LogP contribution is 2.19. The zero-order valence-corrected chi connectivity index (χ0v) is 19.7. The number of aromatic nitrogens is 2. The zero-order chi connectivity index (χ0) is 24.9. The molecule has 0 aliphatic rings. The molecule has 0 aliphatic heterocycles. The normalized spacial score (nSPS) is 10.9. The van der Waals surface area contributed by atoms with Crippen molar-refractivity contribution in [3.63, 3.8) is 0 Å². The molecule has 2 N–H and O–H groups in total. The summed E-state index contributed by atoms with van der Waals surface area (Å²) in [6.45, 7) is 4.37. The molecule has 8 nitrogen and oxygen atoms in total. The van der Waals surface area contributed by atoms with E-state index < -0.39 is 5.91 Å². The quantitative estimate of drug-likeness (QED) is 0.412. The van der Waals surface area contributed by atoms with Gasteiger partial charge in [-0.1, -0.05) is 32.0 Å². The number of amides is 2. The lowest BCUT2D eigenvalue weighted by molar-refractivity contribution is 0.101. The van der Waals surface area contributed by atoms with Crippen LogP contribution in [0.5, 0.6) is 5.75 Å². The number of benzene rings is 3. The van der Waals surface area contributed by atoms with Gasteiger partial charge in [0.25, 0.3) is 17.4 Å². The first kappa shape index (κ1) is 23.7. The largest absolute Gasteiger partial charge is 0.497 e. The minimum absolute atomic E-state index is 0.169. The van der Waals surface area contributed by atoms with Crippen LogP contribution >= 0.6 is 0 Å². The van der Waals surface area contributed by atoms with Crippen molar-refractivity contribution >= 4 is 34.0 Å². The van der Waals surface area contributed by atoms with Gasteiger partial charge in [0.05, 0.1) is 12.5 Å². The molecule has 35 heavy (non-hydrogen) atoms.